The van der Waals surface area contributed by atoms with Crippen molar-refractivity contribution in [1.29, 1.82) is 0 Å². The van der Waals surface area contributed by atoms with E-state index in [2.05, 4.69) is 6.92 Å². The molecular formula is C14H21ClN2OS. The number of thioether (sulfide) groups is 1. The van der Waals surface area contributed by atoms with Crippen LogP contribution in [0.4, 0.5) is 0 Å². The summed E-state index contributed by atoms with van der Waals surface area (Å²) in [4.78, 5) is 15.6. The van der Waals surface area contributed by atoms with Crippen LogP contribution in [0.5, 0.6) is 0 Å². The van der Waals surface area contributed by atoms with E-state index in [1.807, 2.05) is 35.4 Å². The van der Waals surface area contributed by atoms with E-state index < -0.39 is 0 Å². The zero-order valence-electron chi connectivity index (χ0n) is 11.3. The van der Waals surface area contributed by atoms with Gasteiger partial charge in [0.2, 0.25) is 0 Å². The summed E-state index contributed by atoms with van der Waals surface area (Å²) in [7, 11) is 0. The minimum atomic E-state index is 0. The number of carbonyl (C=O) groups is 1. The maximum Gasteiger partial charge on any atom is 0.255 e. The molecule has 2 unspecified atom stereocenters. The van der Waals surface area contributed by atoms with Crippen molar-refractivity contribution in [3.63, 3.8) is 0 Å². The summed E-state index contributed by atoms with van der Waals surface area (Å²) in [6.07, 6.45) is 3.02. The van der Waals surface area contributed by atoms with Crippen molar-refractivity contribution in [2.75, 3.05) is 19.3 Å². The predicted octanol–water partition coefficient (Wildman–Crippen LogP) is 2.64. The topological polar surface area (TPSA) is 46.3 Å². The van der Waals surface area contributed by atoms with E-state index in [1.54, 1.807) is 11.8 Å². The molecule has 0 aliphatic carbocycles. The van der Waals surface area contributed by atoms with Crippen LogP contribution in [0.15, 0.2) is 29.2 Å². The Bertz CT molecular complexity index is 441. The number of hydrogen-bond donors (Lipinski definition) is 1. The molecule has 0 saturated carbocycles. The number of nitrogens with zero attached hydrogens (tertiary/aromatic N) is 1. The zero-order chi connectivity index (χ0) is 13.1. The monoisotopic (exact) mass is 300 g/mol. The van der Waals surface area contributed by atoms with Crippen molar-refractivity contribution in [2.45, 2.75) is 24.3 Å². The molecule has 106 valence electrons. The number of benzene rings is 1. The van der Waals surface area contributed by atoms with Crippen LogP contribution in [0, 0.1) is 5.92 Å². The minimum Gasteiger partial charge on any atom is -0.336 e. The normalized spacial score (nSPS) is 22.2. The third kappa shape index (κ3) is 3.44. The van der Waals surface area contributed by atoms with Gasteiger partial charge in [0, 0.05) is 17.5 Å². The summed E-state index contributed by atoms with van der Waals surface area (Å²) in [5, 5.41) is 0. The first-order valence-electron chi connectivity index (χ1n) is 6.31. The first kappa shape index (κ1) is 16.3. The van der Waals surface area contributed by atoms with Crippen molar-refractivity contribution in [3.8, 4) is 0 Å². The fraction of sp³-hybridized carbons (Fsp3) is 0.500. The number of rotatable bonds is 3. The Balaban J connectivity index is 0.00000180. The molecule has 2 N–H and O–H groups in total. The van der Waals surface area contributed by atoms with Gasteiger partial charge >= 0.3 is 0 Å². The van der Waals surface area contributed by atoms with Crippen LogP contribution in [0.3, 0.4) is 0 Å². The highest BCUT2D eigenvalue weighted by atomic mass is 35.5. The molecule has 19 heavy (non-hydrogen) atoms. The van der Waals surface area contributed by atoms with E-state index in [4.69, 9.17) is 5.73 Å². The Kier molecular flexibility index (Phi) is 6.17. The Hall–Kier alpha value is -0.710. The molecule has 3 nitrogen and oxygen atoms in total. The second-order valence-corrected chi connectivity index (χ2v) is 5.69. The van der Waals surface area contributed by atoms with Crippen LogP contribution in [-0.4, -0.2) is 36.2 Å². The summed E-state index contributed by atoms with van der Waals surface area (Å²) in [5.41, 5.74) is 6.53. The van der Waals surface area contributed by atoms with E-state index in [0.717, 1.165) is 23.4 Å². The molecule has 2 atom stereocenters. The minimum absolute atomic E-state index is 0. The average molecular weight is 301 g/mol. The lowest BCUT2D eigenvalue weighted by Crippen LogP contribution is -2.34. The first-order valence-corrected chi connectivity index (χ1v) is 7.54. The second kappa shape index (κ2) is 7.17. The molecule has 1 saturated heterocycles. The van der Waals surface area contributed by atoms with Gasteiger partial charge in [0.05, 0.1) is 5.56 Å². The van der Waals surface area contributed by atoms with Crippen molar-refractivity contribution in [1.82, 2.24) is 4.90 Å². The smallest absolute Gasteiger partial charge is 0.255 e. The van der Waals surface area contributed by atoms with Gasteiger partial charge in [-0.15, -0.1) is 24.2 Å². The third-order valence-electron chi connectivity index (χ3n) is 3.59. The Morgan fingerprint density at radius 1 is 1.47 bits per heavy atom. The largest absolute Gasteiger partial charge is 0.336 e. The molecule has 1 aliphatic rings. The number of likely N-dealkylation sites (tertiary alicyclic amines) is 1. The van der Waals surface area contributed by atoms with Crippen LogP contribution in [0.25, 0.3) is 0 Å². The van der Waals surface area contributed by atoms with Crippen LogP contribution >= 0.6 is 24.2 Å². The summed E-state index contributed by atoms with van der Waals surface area (Å²) in [6, 6.07) is 8.10. The quantitative estimate of drug-likeness (QED) is 0.873. The second-order valence-electron chi connectivity index (χ2n) is 4.84. The van der Waals surface area contributed by atoms with Gasteiger partial charge < -0.3 is 10.6 Å². The van der Waals surface area contributed by atoms with Gasteiger partial charge in [0.25, 0.3) is 5.91 Å². The molecule has 0 aromatic heterocycles. The molecule has 2 rings (SSSR count). The number of halogens is 1. The van der Waals surface area contributed by atoms with E-state index in [0.29, 0.717) is 18.5 Å². The molecule has 0 radical (unpaired) electrons. The predicted molar refractivity (Wildman–Crippen MR) is 83.1 cm³/mol. The lowest BCUT2D eigenvalue weighted by Gasteiger charge is -2.22. The molecule has 1 amide bonds. The number of nitrogens with two attached hydrogens (primary N) is 1. The standard InChI is InChI=1S/C14H20N2OS.ClH/c1-10-7-11(8-15)9-16(10)14(17)12-5-3-4-6-13(12)18-2;/h3-6,10-11H,7-9,15H2,1-2H3;1H. The maximum atomic E-state index is 12.6. The molecule has 5 heteroatoms. The zero-order valence-corrected chi connectivity index (χ0v) is 13.0. The average Bonchev–Trinajstić information content (AvgIpc) is 2.79. The van der Waals surface area contributed by atoms with Gasteiger partial charge in [-0.05, 0) is 44.2 Å². The van der Waals surface area contributed by atoms with Gasteiger partial charge in [-0.25, -0.2) is 0 Å². The molecule has 1 aromatic carbocycles. The Morgan fingerprint density at radius 3 is 2.74 bits per heavy atom. The summed E-state index contributed by atoms with van der Waals surface area (Å²) < 4.78 is 0. The van der Waals surface area contributed by atoms with Gasteiger partial charge in [-0.2, -0.15) is 0 Å². The molecule has 1 aliphatic heterocycles. The SMILES string of the molecule is CSc1ccccc1C(=O)N1CC(CN)CC1C.Cl. The lowest BCUT2D eigenvalue weighted by atomic mass is 10.1. The van der Waals surface area contributed by atoms with Gasteiger partial charge in [-0.1, -0.05) is 12.1 Å². The van der Waals surface area contributed by atoms with E-state index in [1.165, 1.54) is 0 Å². The maximum absolute atomic E-state index is 12.6. The molecule has 0 bridgehead atoms. The van der Waals surface area contributed by atoms with Crippen molar-refractivity contribution in [3.05, 3.63) is 29.8 Å². The van der Waals surface area contributed by atoms with Crippen molar-refractivity contribution in [2.24, 2.45) is 11.7 Å². The van der Waals surface area contributed by atoms with Crippen LogP contribution in [0.1, 0.15) is 23.7 Å². The van der Waals surface area contributed by atoms with Gasteiger partial charge in [-0.3, -0.25) is 4.79 Å². The van der Waals surface area contributed by atoms with Crippen molar-refractivity contribution >= 4 is 30.1 Å². The number of carbonyl (C=O) groups excluding carboxylic acids is 1. The molecule has 1 aromatic rings. The molecular weight excluding hydrogens is 280 g/mol. The highest BCUT2D eigenvalue weighted by Crippen LogP contribution is 2.27. The highest BCUT2D eigenvalue weighted by molar-refractivity contribution is 7.98. The summed E-state index contributed by atoms with van der Waals surface area (Å²) in [6.45, 7) is 3.56. The fourth-order valence-corrected chi connectivity index (χ4v) is 3.16. The van der Waals surface area contributed by atoms with E-state index in [9.17, 15) is 4.79 Å². The number of hydrogen-bond acceptors (Lipinski definition) is 3. The van der Waals surface area contributed by atoms with Crippen LogP contribution in [-0.2, 0) is 0 Å². The third-order valence-corrected chi connectivity index (χ3v) is 4.39. The Labute approximate surface area is 125 Å². The molecule has 1 heterocycles. The summed E-state index contributed by atoms with van der Waals surface area (Å²) in [5.74, 6) is 0.591. The first-order chi connectivity index (χ1) is 8.67. The van der Waals surface area contributed by atoms with Crippen molar-refractivity contribution < 1.29 is 4.79 Å². The molecule has 1 fully saturated rings. The summed E-state index contributed by atoms with van der Waals surface area (Å²) >= 11 is 1.62. The van der Waals surface area contributed by atoms with E-state index >= 15 is 0 Å². The van der Waals surface area contributed by atoms with E-state index in [-0.39, 0.29) is 18.3 Å². The van der Waals surface area contributed by atoms with Crippen LogP contribution in [0.2, 0.25) is 0 Å². The van der Waals surface area contributed by atoms with Gasteiger partial charge in [0.1, 0.15) is 0 Å². The number of amides is 1. The van der Waals surface area contributed by atoms with Gasteiger partial charge in [0.15, 0.2) is 0 Å². The fourth-order valence-electron chi connectivity index (χ4n) is 2.57. The Morgan fingerprint density at radius 2 is 2.16 bits per heavy atom. The lowest BCUT2D eigenvalue weighted by molar-refractivity contribution is 0.0740. The van der Waals surface area contributed by atoms with Crippen LogP contribution < -0.4 is 5.73 Å². The molecule has 0 spiro atoms. The highest BCUT2D eigenvalue weighted by Gasteiger charge is 2.32.